The zero-order valence-electron chi connectivity index (χ0n) is 17.5. The number of nitrogens with zero attached hydrogens (tertiary/aromatic N) is 2. The van der Waals surface area contributed by atoms with Crippen LogP contribution in [-0.4, -0.2) is 47.4 Å². The van der Waals surface area contributed by atoms with E-state index in [1.807, 2.05) is 42.9 Å². The Balaban J connectivity index is 1.53. The number of carbonyl (C=O) groups excluding carboxylic acids is 2. The molecule has 0 saturated carbocycles. The topological polar surface area (TPSA) is 79.7 Å². The third-order valence-electron chi connectivity index (χ3n) is 5.03. The van der Waals surface area contributed by atoms with E-state index in [2.05, 4.69) is 4.98 Å². The van der Waals surface area contributed by atoms with Gasteiger partial charge in [0.2, 0.25) is 5.78 Å². The number of esters is 1. The number of Topliss-reactive ketones (excluding diaryl/α,β-unsaturated/α-hetero) is 1. The SMILES string of the molecule is CSc1ncccc1C(=O)OCC(=O)c1cc(C)n(-c2ccc3c(c2)OCCO3)c1C. The van der Waals surface area contributed by atoms with Crippen LogP contribution in [0.15, 0.2) is 47.6 Å². The zero-order valence-corrected chi connectivity index (χ0v) is 18.3. The van der Waals surface area contributed by atoms with Crippen molar-refractivity contribution in [1.82, 2.24) is 9.55 Å². The fourth-order valence-corrected chi connectivity index (χ4v) is 4.15. The molecule has 2 aromatic heterocycles. The fourth-order valence-electron chi connectivity index (χ4n) is 3.61. The van der Waals surface area contributed by atoms with Crippen molar-refractivity contribution in [2.75, 3.05) is 26.1 Å². The molecule has 0 saturated heterocycles. The van der Waals surface area contributed by atoms with E-state index in [1.54, 1.807) is 24.4 Å². The third kappa shape index (κ3) is 4.16. The van der Waals surface area contributed by atoms with Crippen molar-refractivity contribution in [1.29, 1.82) is 0 Å². The van der Waals surface area contributed by atoms with Crippen molar-refractivity contribution in [3.05, 3.63) is 65.1 Å². The molecular weight excluding hydrogens is 416 g/mol. The maximum absolute atomic E-state index is 12.8. The lowest BCUT2D eigenvalue weighted by Gasteiger charge is -2.20. The Bertz CT molecular complexity index is 1150. The summed E-state index contributed by atoms with van der Waals surface area (Å²) < 4.78 is 18.5. The summed E-state index contributed by atoms with van der Waals surface area (Å²) in [5.74, 6) is 0.561. The minimum Gasteiger partial charge on any atom is -0.486 e. The second kappa shape index (κ2) is 8.85. The molecule has 0 fully saturated rings. The van der Waals surface area contributed by atoms with Crippen LogP contribution in [0.1, 0.15) is 32.1 Å². The van der Waals surface area contributed by atoms with Crippen LogP contribution in [0, 0.1) is 13.8 Å². The molecule has 0 atom stereocenters. The second-order valence-electron chi connectivity index (χ2n) is 7.01. The molecule has 1 aliphatic heterocycles. The van der Waals surface area contributed by atoms with Gasteiger partial charge in [0.15, 0.2) is 18.1 Å². The predicted molar refractivity (Wildman–Crippen MR) is 117 cm³/mol. The molecule has 0 radical (unpaired) electrons. The summed E-state index contributed by atoms with van der Waals surface area (Å²) in [5, 5.41) is 0.566. The Hall–Kier alpha value is -3.26. The van der Waals surface area contributed by atoms with Gasteiger partial charge >= 0.3 is 5.97 Å². The molecule has 0 bridgehead atoms. The molecule has 8 heteroatoms. The highest BCUT2D eigenvalue weighted by atomic mass is 32.2. The van der Waals surface area contributed by atoms with E-state index in [-0.39, 0.29) is 12.4 Å². The Morgan fingerprint density at radius 2 is 1.87 bits per heavy atom. The normalized spacial score (nSPS) is 12.5. The summed E-state index contributed by atoms with van der Waals surface area (Å²) in [5.41, 5.74) is 3.39. The smallest absolute Gasteiger partial charge is 0.341 e. The molecule has 0 spiro atoms. The monoisotopic (exact) mass is 438 g/mol. The third-order valence-corrected chi connectivity index (χ3v) is 5.75. The van der Waals surface area contributed by atoms with Crippen molar-refractivity contribution in [3.8, 4) is 17.2 Å². The first-order valence-corrected chi connectivity index (χ1v) is 11.0. The van der Waals surface area contributed by atoms with Gasteiger partial charge in [-0.15, -0.1) is 11.8 Å². The molecule has 0 N–H and O–H groups in total. The quantitative estimate of drug-likeness (QED) is 0.327. The number of ether oxygens (including phenoxy) is 3. The lowest BCUT2D eigenvalue weighted by Crippen LogP contribution is -2.16. The average Bonchev–Trinajstić information content (AvgIpc) is 3.10. The Labute approximate surface area is 184 Å². The minimum absolute atomic E-state index is 0.264. The molecular formula is C23H22N2O5S. The minimum atomic E-state index is -0.563. The summed E-state index contributed by atoms with van der Waals surface area (Å²) in [6, 6.07) is 10.8. The highest BCUT2D eigenvalue weighted by molar-refractivity contribution is 7.98. The number of thioether (sulfide) groups is 1. The molecule has 7 nitrogen and oxygen atoms in total. The molecule has 3 heterocycles. The summed E-state index contributed by atoms with van der Waals surface area (Å²) >= 11 is 1.35. The molecule has 1 aromatic carbocycles. The largest absolute Gasteiger partial charge is 0.486 e. The maximum atomic E-state index is 12.8. The summed E-state index contributed by atoms with van der Waals surface area (Å²) in [4.78, 5) is 29.4. The van der Waals surface area contributed by atoms with Gasteiger partial charge in [0, 0.05) is 34.9 Å². The van der Waals surface area contributed by atoms with Crippen molar-refractivity contribution in [2.45, 2.75) is 18.9 Å². The highest BCUT2D eigenvalue weighted by Crippen LogP contribution is 2.33. The van der Waals surface area contributed by atoms with Crippen LogP contribution in [0.5, 0.6) is 11.5 Å². The molecule has 31 heavy (non-hydrogen) atoms. The number of fused-ring (bicyclic) bond motifs is 1. The van der Waals surface area contributed by atoms with E-state index < -0.39 is 5.97 Å². The number of carbonyl (C=O) groups is 2. The molecule has 3 aromatic rings. The van der Waals surface area contributed by atoms with Crippen LogP contribution in [0.2, 0.25) is 0 Å². The van der Waals surface area contributed by atoms with Gasteiger partial charge in [0.1, 0.15) is 18.2 Å². The molecule has 4 rings (SSSR count). The molecule has 0 amide bonds. The average molecular weight is 439 g/mol. The lowest BCUT2D eigenvalue weighted by atomic mass is 10.1. The van der Waals surface area contributed by atoms with Gasteiger partial charge in [-0.1, -0.05) is 0 Å². The van der Waals surface area contributed by atoms with Crippen LogP contribution in [-0.2, 0) is 4.74 Å². The molecule has 160 valence electrons. The Morgan fingerprint density at radius 1 is 1.10 bits per heavy atom. The first-order chi connectivity index (χ1) is 15.0. The Morgan fingerprint density at radius 3 is 2.65 bits per heavy atom. The number of aryl methyl sites for hydroxylation is 1. The van der Waals surface area contributed by atoms with Crippen LogP contribution >= 0.6 is 11.8 Å². The maximum Gasteiger partial charge on any atom is 0.341 e. The number of benzene rings is 1. The van der Waals surface area contributed by atoms with Crippen LogP contribution < -0.4 is 9.47 Å². The zero-order chi connectivity index (χ0) is 22.0. The second-order valence-corrected chi connectivity index (χ2v) is 7.80. The highest BCUT2D eigenvalue weighted by Gasteiger charge is 2.21. The molecule has 1 aliphatic rings. The van der Waals surface area contributed by atoms with Gasteiger partial charge in [-0.05, 0) is 50.4 Å². The van der Waals surface area contributed by atoms with Crippen molar-refractivity contribution in [3.63, 3.8) is 0 Å². The number of hydrogen-bond acceptors (Lipinski definition) is 7. The predicted octanol–water partition coefficient (Wildman–Crippen LogP) is 4.02. The van der Waals surface area contributed by atoms with Gasteiger partial charge in [-0.2, -0.15) is 0 Å². The first kappa shape index (κ1) is 21.0. The van der Waals surface area contributed by atoms with Gasteiger partial charge in [-0.25, -0.2) is 9.78 Å². The van der Waals surface area contributed by atoms with Gasteiger partial charge < -0.3 is 18.8 Å². The standard InChI is InChI=1S/C23H22N2O5S/c1-14-11-18(19(26)13-30-23(27)17-5-4-8-24-22(17)31-3)15(2)25(14)16-6-7-20-21(12-16)29-10-9-28-20/h4-8,11-12H,9-10,13H2,1-3H3. The Kier molecular flexibility index (Phi) is 5.99. The van der Waals surface area contributed by atoms with E-state index in [9.17, 15) is 9.59 Å². The summed E-state index contributed by atoms with van der Waals surface area (Å²) in [6.45, 7) is 4.49. The van der Waals surface area contributed by atoms with Gasteiger partial charge in [-0.3, -0.25) is 4.79 Å². The summed E-state index contributed by atoms with van der Waals surface area (Å²) in [6.07, 6.45) is 3.44. The first-order valence-electron chi connectivity index (χ1n) is 9.78. The number of aromatic nitrogens is 2. The number of rotatable bonds is 6. The number of hydrogen-bond donors (Lipinski definition) is 0. The summed E-state index contributed by atoms with van der Waals surface area (Å²) in [7, 11) is 0. The lowest BCUT2D eigenvalue weighted by molar-refractivity contribution is 0.0470. The van der Waals surface area contributed by atoms with E-state index >= 15 is 0 Å². The van der Waals surface area contributed by atoms with Gasteiger partial charge in [0.25, 0.3) is 0 Å². The fraction of sp³-hybridized carbons (Fsp3) is 0.261. The number of pyridine rings is 1. The van der Waals surface area contributed by atoms with E-state index in [4.69, 9.17) is 14.2 Å². The van der Waals surface area contributed by atoms with Crippen molar-refractivity contribution in [2.24, 2.45) is 0 Å². The van der Waals surface area contributed by atoms with Crippen LogP contribution in [0.4, 0.5) is 0 Å². The van der Waals surface area contributed by atoms with Gasteiger partial charge in [0.05, 0.1) is 5.56 Å². The molecule has 0 unspecified atom stereocenters. The van der Waals surface area contributed by atoms with E-state index in [0.717, 1.165) is 17.1 Å². The van der Waals surface area contributed by atoms with Crippen molar-refractivity contribution < 1.29 is 23.8 Å². The van der Waals surface area contributed by atoms with Crippen LogP contribution in [0.25, 0.3) is 5.69 Å². The molecule has 0 aliphatic carbocycles. The van der Waals surface area contributed by atoms with E-state index in [0.29, 0.717) is 40.9 Å². The van der Waals surface area contributed by atoms with Crippen molar-refractivity contribution >= 4 is 23.5 Å². The van der Waals surface area contributed by atoms with Crippen LogP contribution in [0.3, 0.4) is 0 Å². The number of ketones is 1. The van der Waals surface area contributed by atoms with E-state index in [1.165, 1.54) is 11.8 Å².